The predicted molar refractivity (Wildman–Crippen MR) is 100 cm³/mol. The number of aryl methyl sites for hydroxylation is 1. The lowest BCUT2D eigenvalue weighted by molar-refractivity contribution is -0.114. The first kappa shape index (κ1) is 20.4. The van der Waals surface area contributed by atoms with Gasteiger partial charge in [0.2, 0.25) is 11.8 Å². The van der Waals surface area contributed by atoms with E-state index in [1.54, 1.807) is 18.2 Å². The number of carbonyl (C=O) groups is 2. The van der Waals surface area contributed by atoms with Crippen molar-refractivity contribution in [3.05, 3.63) is 53.8 Å². The number of anilines is 2. The Balaban J connectivity index is 1.96. The third-order valence-electron chi connectivity index (χ3n) is 3.46. The molecule has 7 nitrogen and oxygen atoms in total. The molecule has 0 bridgehead atoms. The average Bonchev–Trinajstić information content (AvgIpc) is 2.56. The number of benzene rings is 2. The number of ether oxygens (including phenoxy) is 1. The molecule has 0 unspecified atom stereocenters. The van der Waals surface area contributed by atoms with Crippen molar-refractivity contribution in [3.8, 4) is 5.75 Å². The van der Waals surface area contributed by atoms with Gasteiger partial charge in [-0.1, -0.05) is 6.07 Å². The minimum atomic E-state index is -4.00. The van der Waals surface area contributed by atoms with Crippen molar-refractivity contribution in [3.63, 3.8) is 0 Å². The smallest absolute Gasteiger partial charge is 0.239 e. The molecule has 2 aromatic carbocycles. The van der Waals surface area contributed by atoms with E-state index in [4.69, 9.17) is 4.74 Å². The number of amides is 2. The number of rotatable bonds is 7. The van der Waals surface area contributed by atoms with E-state index in [2.05, 4.69) is 10.6 Å². The second-order valence-electron chi connectivity index (χ2n) is 5.84. The van der Waals surface area contributed by atoms with Gasteiger partial charge in [-0.25, -0.2) is 12.8 Å². The summed E-state index contributed by atoms with van der Waals surface area (Å²) in [5.41, 5.74) is 1.45. The molecule has 0 spiro atoms. The summed E-state index contributed by atoms with van der Waals surface area (Å²) in [5.74, 6) is -3.43. The molecule has 0 aliphatic heterocycles. The van der Waals surface area contributed by atoms with Gasteiger partial charge in [-0.05, 0) is 48.9 Å². The molecule has 0 aromatic heterocycles. The van der Waals surface area contributed by atoms with Crippen molar-refractivity contribution >= 4 is 33.0 Å². The highest BCUT2D eigenvalue weighted by Gasteiger charge is 2.21. The Morgan fingerprint density at radius 1 is 1.00 bits per heavy atom. The van der Waals surface area contributed by atoms with Crippen LogP contribution in [-0.2, 0) is 19.4 Å². The first-order valence-corrected chi connectivity index (χ1v) is 9.71. The molecule has 0 atom stereocenters. The Morgan fingerprint density at radius 3 is 2.19 bits per heavy atom. The summed E-state index contributed by atoms with van der Waals surface area (Å²) in [6, 6.07) is 9.94. The van der Waals surface area contributed by atoms with E-state index in [0.29, 0.717) is 11.4 Å². The second-order valence-corrected chi connectivity index (χ2v) is 7.90. The zero-order valence-electron chi connectivity index (χ0n) is 14.8. The molecule has 0 saturated carbocycles. The zero-order valence-corrected chi connectivity index (χ0v) is 15.6. The van der Waals surface area contributed by atoms with Crippen molar-refractivity contribution in [2.24, 2.45) is 0 Å². The minimum absolute atomic E-state index is 0.255. The van der Waals surface area contributed by atoms with Crippen LogP contribution in [0, 0.1) is 12.7 Å². The second kappa shape index (κ2) is 8.63. The number of carbonyl (C=O) groups excluding carboxylic acids is 2. The van der Waals surface area contributed by atoms with Gasteiger partial charge in [0, 0.05) is 5.69 Å². The number of hydrogen-bond acceptors (Lipinski definition) is 5. The summed E-state index contributed by atoms with van der Waals surface area (Å²) in [5, 5.41) is 4.81. The highest BCUT2D eigenvalue weighted by Crippen LogP contribution is 2.25. The van der Waals surface area contributed by atoms with Crippen LogP contribution in [0.5, 0.6) is 5.75 Å². The monoisotopic (exact) mass is 394 g/mol. The van der Waals surface area contributed by atoms with Crippen molar-refractivity contribution in [2.75, 3.05) is 29.2 Å². The fraction of sp³-hybridized carbons (Fsp3) is 0.222. The Hall–Kier alpha value is -2.94. The van der Waals surface area contributed by atoms with Crippen molar-refractivity contribution < 1.29 is 27.1 Å². The Kier molecular flexibility index (Phi) is 6.51. The van der Waals surface area contributed by atoms with E-state index < -0.39 is 39.0 Å². The summed E-state index contributed by atoms with van der Waals surface area (Å²) < 4.78 is 42.1. The summed E-state index contributed by atoms with van der Waals surface area (Å²) in [6.07, 6.45) is 0. The van der Waals surface area contributed by atoms with Crippen LogP contribution in [0.1, 0.15) is 5.56 Å². The molecule has 0 aliphatic carbocycles. The van der Waals surface area contributed by atoms with E-state index in [9.17, 15) is 22.4 Å². The Labute approximate surface area is 156 Å². The van der Waals surface area contributed by atoms with Crippen LogP contribution in [-0.4, -0.2) is 38.8 Å². The molecule has 2 aromatic rings. The molecule has 0 heterocycles. The van der Waals surface area contributed by atoms with Crippen LogP contribution in [0.15, 0.2) is 42.5 Å². The molecule has 0 radical (unpaired) electrons. The van der Waals surface area contributed by atoms with Gasteiger partial charge in [-0.15, -0.1) is 0 Å². The van der Waals surface area contributed by atoms with Crippen LogP contribution >= 0.6 is 0 Å². The lowest BCUT2D eigenvalue weighted by atomic mass is 10.2. The molecule has 2 rings (SSSR count). The Morgan fingerprint density at radius 2 is 1.59 bits per heavy atom. The lowest BCUT2D eigenvalue weighted by Gasteiger charge is -2.11. The first-order chi connectivity index (χ1) is 12.7. The van der Waals surface area contributed by atoms with E-state index in [-0.39, 0.29) is 5.69 Å². The van der Waals surface area contributed by atoms with Crippen LogP contribution < -0.4 is 15.4 Å². The van der Waals surface area contributed by atoms with Crippen LogP contribution in [0.4, 0.5) is 15.8 Å². The molecule has 2 amide bonds. The number of sulfone groups is 1. The molecule has 27 heavy (non-hydrogen) atoms. The fourth-order valence-corrected chi connectivity index (χ4v) is 3.33. The van der Waals surface area contributed by atoms with Crippen molar-refractivity contribution in [1.82, 2.24) is 0 Å². The van der Waals surface area contributed by atoms with Gasteiger partial charge in [0.25, 0.3) is 0 Å². The fourth-order valence-electron chi connectivity index (χ4n) is 2.29. The van der Waals surface area contributed by atoms with Gasteiger partial charge in [0.1, 0.15) is 23.1 Å². The van der Waals surface area contributed by atoms with Crippen LogP contribution in [0.2, 0.25) is 0 Å². The van der Waals surface area contributed by atoms with E-state index in [0.717, 1.165) is 17.7 Å². The maximum atomic E-state index is 12.8. The highest BCUT2D eigenvalue weighted by molar-refractivity contribution is 7.92. The quantitative estimate of drug-likeness (QED) is 0.749. The third kappa shape index (κ3) is 6.37. The number of hydrogen-bond donors (Lipinski definition) is 2. The van der Waals surface area contributed by atoms with Crippen LogP contribution in [0.3, 0.4) is 0 Å². The normalized spacial score (nSPS) is 10.9. The predicted octanol–water partition coefficient (Wildman–Crippen LogP) is 2.13. The van der Waals surface area contributed by atoms with Gasteiger partial charge < -0.3 is 15.4 Å². The van der Waals surface area contributed by atoms with Crippen molar-refractivity contribution in [2.45, 2.75) is 6.92 Å². The largest absolute Gasteiger partial charge is 0.495 e. The standard InChI is InChI=1S/C18H19FN2O5S/c1-12-3-8-16(26-2)15(9-12)21-18(23)11-27(24,25)10-17(22)20-14-6-4-13(19)5-7-14/h3-9H,10-11H2,1-2H3,(H,20,22)(H,21,23). The Bertz CT molecular complexity index is 943. The van der Waals surface area contributed by atoms with Crippen molar-refractivity contribution in [1.29, 1.82) is 0 Å². The van der Waals surface area contributed by atoms with E-state index in [1.165, 1.54) is 19.2 Å². The molecular formula is C18H19FN2O5S. The van der Waals surface area contributed by atoms with Gasteiger partial charge in [0.05, 0.1) is 12.8 Å². The minimum Gasteiger partial charge on any atom is -0.495 e. The molecule has 144 valence electrons. The van der Waals surface area contributed by atoms with E-state index in [1.807, 2.05) is 6.92 Å². The summed E-state index contributed by atoms with van der Waals surface area (Å²) >= 11 is 0. The molecule has 0 aliphatic rings. The van der Waals surface area contributed by atoms with Gasteiger partial charge in [-0.3, -0.25) is 9.59 Å². The van der Waals surface area contributed by atoms with Crippen LogP contribution in [0.25, 0.3) is 0 Å². The topological polar surface area (TPSA) is 102 Å². The maximum absolute atomic E-state index is 12.8. The lowest BCUT2D eigenvalue weighted by Crippen LogP contribution is -2.30. The summed E-state index contributed by atoms with van der Waals surface area (Å²) in [4.78, 5) is 23.9. The maximum Gasteiger partial charge on any atom is 0.239 e. The number of halogens is 1. The highest BCUT2D eigenvalue weighted by atomic mass is 32.2. The number of nitrogens with one attached hydrogen (secondary N) is 2. The summed E-state index contributed by atoms with van der Waals surface area (Å²) in [7, 11) is -2.57. The van der Waals surface area contributed by atoms with Gasteiger partial charge in [0.15, 0.2) is 9.84 Å². The zero-order chi connectivity index (χ0) is 20.0. The third-order valence-corrected chi connectivity index (χ3v) is 4.86. The average molecular weight is 394 g/mol. The molecule has 0 fully saturated rings. The van der Waals surface area contributed by atoms with Gasteiger partial charge in [-0.2, -0.15) is 0 Å². The number of methoxy groups -OCH3 is 1. The molecule has 0 saturated heterocycles. The molecular weight excluding hydrogens is 375 g/mol. The van der Waals surface area contributed by atoms with Gasteiger partial charge >= 0.3 is 0 Å². The first-order valence-electron chi connectivity index (χ1n) is 7.89. The SMILES string of the molecule is COc1ccc(C)cc1NC(=O)CS(=O)(=O)CC(=O)Nc1ccc(F)cc1. The molecule has 9 heteroatoms. The van der Waals surface area contributed by atoms with E-state index >= 15 is 0 Å². The summed E-state index contributed by atoms with van der Waals surface area (Å²) in [6.45, 7) is 1.81. The molecule has 2 N–H and O–H groups in total.